The maximum absolute atomic E-state index is 4.45. The van der Waals surface area contributed by atoms with Gasteiger partial charge in [-0.2, -0.15) is 0 Å². The Balaban J connectivity index is 1.91. The highest BCUT2D eigenvalue weighted by molar-refractivity contribution is 5.39. The summed E-state index contributed by atoms with van der Waals surface area (Å²) in [5.41, 5.74) is 1.17. The van der Waals surface area contributed by atoms with Gasteiger partial charge in [0.15, 0.2) is 0 Å². The molecule has 0 aliphatic carbocycles. The van der Waals surface area contributed by atoms with E-state index in [-0.39, 0.29) is 0 Å². The van der Waals surface area contributed by atoms with Crippen LogP contribution in [-0.4, -0.2) is 35.6 Å². The fourth-order valence-electron chi connectivity index (χ4n) is 3.07. The van der Waals surface area contributed by atoms with Crippen molar-refractivity contribution in [2.75, 3.05) is 24.5 Å². The first-order valence-electron chi connectivity index (χ1n) is 8.03. The molecular formula is C16H28N4. The largest absolute Gasteiger partial charge is 0.356 e. The maximum atomic E-state index is 4.45. The second-order valence-electron chi connectivity index (χ2n) is 5.79. The lowest BCUT2D eigenvalue weighted by Crippen LogP contribution is -2.42. The normalized spacial score (nSPS) is 18.2. The number of hydrogen-bond acceptors (Lipinski definition) is 4. The first-order valence-corrected chi connectivity index (χ1v) is 8.03. The van der Waals surface area contributed by atoms with Crippen molar-refractivity contribution in [3.63, 3.8) is 0 Å². The molecule has 1 aromatic heterocycles. The summed E-state index contributed by atoms with van der Waals surface area (Å²) in [6, 6.07) is 2.79. The van der Waals surface area contributed by atoms with Crippen LogP contribution in [0.15, 0.2) is 12.4 Å². The van der Waals surface area contributed by atoms with E-state index in [2.05, 4.69) is 47.0 Å². The summed E-state index contributed by atoms with van der Waals surface area (Å²) < 4.78 is 0. The van der Waals surface area contributed by atoms with Crippen LogP contribution in [0, 0.1) is 5.92 Å². The molecule has 4 nitrogen and oxygen atoms in total. The standard InChI is InChI=1S/C16H28N4/c1-4-6-15-11-16(19-12-18-15)20-9-7-14(8-10-20)13(3)17-5-2/h11-14,17H,4-10H2,1-3H3. The van der Waals surface area contributed by atoms with Crippen molar-refractivity contribution in [3.8, 4) is 0 Å². The molecule has 20 heavy (non-hydrogen) atoms. The maximum Gasteiger partial charge on any atom is 0.132 e. The summed E-state index contributed by atoms with van der Waals surface area (Å²) in [6.07, 6.45) is 6.40. The van der Waals surface area contributed by atoms with Gasteiger partial charge in [0.05, 0.1) is 0 Å². The zero-order chi connectivity index (χ0) is 14.4. The van der Waals surface area contributed by atoms with Gasteiger partial charge in [-0.3, -0.25) is 0 Å². The predicted molar refractivity (Wildman–Crippen MR) is 84.1 cm³/mol. The Morgan fingerprint density at radius 1 is 1.30 bits per heavy atom. The first-order chi connectivity index (χ1) is 9.74. The van der Waals surface area contributed by atoms with Gasteiger partial charge in [0.1, 0.15) is 12.1 Å². The minimum atomic E-state index is 0.628. The van der Waals surface area contributed by atoms with Gasteiger partial charge in [0.25, 0.3) is 0 Å². The number of aromatic nitrogens is 2. The van der Waals surface area contributed by atoms with Gasteiger partial charge < -0.3 is 10.2 Å². The Bertz CT molecular complexity index is 399. The van der Waals surface area contributed by atoms with Crippen LogP contribution in [0.3, 0.4) is 0 Å². The van der Waals surface area contributed by atoms with Crippen molar-refractivity contribution in [2.24, 2.45) is 5.92 Å². The minimum Gasteiger partial charge on any atom is -0.356 e. The van der Waals surface area contributed by atoms with E-state index in [1.807, 2.05) is 0 Å². The van der Waals surface area contributed by atoms with E-state index in [4.69, 9.17) is 0 Å². The Morgan fingerprint density at radius 3 is 2.70 bits per heavy atom. The van der Waals surface area contributed by atoms with E-state index in [1.165, 1.54) is 18.5 Å². The molecule has 4 heteroatoms. The van der Waals surface area contributed by atoms with Crippen LogP contribution in [0.4, 0.5) is 5.82 Å². The summed E-state index contributed by atoms with van der Waals surface area (Å²) in [7, 11) is 0. The SMILES string of the molecule is CCCc1cc(N2CCC(C(C)NCC)CC2)ncn1. The zero-order valence-electron chi connectivity index (χ0n) is 13.1. The van der Waals surface area contributed by atoms with Gasteiger partial charge >= 0.3 is 0 Å². The van der Waals surface area contributed by atoms with E-state index in [0.717, 1.165) is 44.2 Å². The molecule has 2 rings (SSSR count). The third-order valence-corrected chi connectivity index (χ3v) is 4.31. The second kappa shape index (κ2) is 7.58. The van der Waals surface area contributed by atoms with Gasteiger partial charge in [0, 0.05) is 30.9 Å². The van der Waals surface area contributed by atoms with Crippen LogP contribution < -0.4 is 10.2 Å². The highest BCUT2D eigenvalue weighted by Gasteiger charge is 2.24. The molecule has 0 radical (unpaired) electrons. The number of anilines is 1. The number of hydrogen-bond donors (Lipinski definition) is 1. The van der Waals surface area contributed by atoms with Crippen molar-refractivity contribution in [3.05, 3.63) is 18.1 Å². The van der Waals surface area contributed by atoms with Crippen molar-refractivity contribution in [1.82, 2.24) is 15.3 Å². The van der Waals surface area contributed by atoms with Crippen molar-refractivity contribution in [1.29, 1.82) is 0 Å². The zero-order valence-corrected chi connectivity index (χ0v) is 13.1. The molecule has 1 atom stereocenters. The first kappa shape index (κ1) is 15.2. The van der Waals surface area contributed by atoms with Crippen LogP contribution in [0.1, 0.15) is 45.7 Å². The average Bonchev–Trinajstić information content (AvgIpc) is 2.48. The third-order valence-electron chi connectivity index (χ3n) is 4.31. The average molecular weight is 276 g/mol. The van der Waals surface area contributed by atoms with Gasteiger partial charge in [0.2, 0.25) is 0 Å². The molecule has 0 aromatic carbocycles. The molecule has 0 bridgehead atoms. The molecule has 1 fully saturated rings. The van der Waals surface area contributed by atoms with Crippen LogP contribution in [-0.2, 0) is 6.42 Å². The third kappa shape index (κ3) is 3.92. The summed E-state index contributed by atoms with van der Waals surface area (Å²) >= 11 is 0. The molecule has 1 aliphatic heterocycles. The molecule has 0 spiro atoms. The van der Waals surface area contributed by atoms with E-state index in [1.54, 1.807) is 6.33 Å². The summed E-state index contributed by atoms with van der Waals surface area (Å²) in [4.78, 5) is 11.2. The molecular weight excluding hydrogens is 248 g/mol. The molecule has 1 saturated heterocycles. The molecule has 1 aliphatic rings. The van der Waals surface area contributed by atoms with Crippen molar-refractivity contribution < 1.29 is 0 Å². The second-order valence-corrected chi connectivity index (χ2v) is 5.79. The Hall–Kier alpha value is -1.16. The van der Waals surface area contributed by atoms with Crippen LogP contribution in [0.5, 0.6) is 0 Å². The lowest BCUT2D eigenvalue weighted by Gasteiger charge is -2.35. The van der Waals surface area contributed by atoms with Gasteiger partial charge in [-0.25, -0.2) is 9.97 Å². The number of nitrogens with zero attached hydrogens (tertiary/aromatic N) is 3. The number of aryl methyl sites for hydroxylation is 1. The molecule has 1 aromatic rings. The van der Waals surface area contributed by atoms with Gasteiger partial charge in [-0.15, -0.1) is 0 Å². The van der Waals surface area contributed by atoms with E-state index >= 15 is 0 Å². The fraction of sp³-hybridized carbons (Fsp3) is 0.750. The van der Waals surface area contributed by atoms with E-state index < -0.39 is 0 Å². The monoisotopic (exact) mass is 276 g/mol. The molecule has 2 heterocycles. The fourth-order valence-corrected chi connectivity index (χ4v) is 3.07. The Labute approximate surface area is 123 Å². The van der Waals surface area contributed by atoms with Gasteiger partial charge in [-0.1, -0.05) is 20.3 Å². The highest BCUT2D eigenvalue weighted by atomic mass is 15.2. The molecule has 1 N–H and O–H groups in total. The number of piperidine rings is 1. The van der Waals surface area contributed by atoms with E-state index in [0.29, 0.717) is 6.04 Å². The quantitative estimate of drug-likeness (QED) is 0.867. The summed E-state index contributed by atoms with van der Waals surface area (Å²) in [6.45, 7) is 9.98. The van der Waals surface area contributed by atoms with Crippen LogP contribution in [0.25, 0.3) is 0 Å². The molecule has 112 valence electrons. The topological polar surface area (TPSA) is 41.0 Å². The Kier molecular flexibility index (Phi) is 5.77. The number of rotatable bonds is 6. The summed E-state index contributed by atoms with van der Waals surface area (Å²) in [5, 5.41) is 3.55. The van der Waals surface area contributed by atoms with Crippen LogP contribution in [0.2, 0.25) is 0 Å². The molecule has 1 unspecified atom stereocenters. The smallest absolute Gasteiger partial charge is 0.132 e. The lowest BCUT2D eigenvalue weighted by atomic mass is 9.90. The van der Waals surface area contributed by atoms with E-state index in [9.17, 15) is 0 Å². The lowest BCUT2D eigenvalue weighted by molar-refractivity contribution is 0.314. The Morgan fingerprint density at radius 2 is 2.05 bits per heavy atom. The molecule has 0 amide bonds. The summed E-state index contributed by atoms with van der Waals surface area (Å²) in [5.74, 6) is 1.90. The van der Waals surface area contributed by atoms with Crippen molar-refractivity contribution >= 4 is 5.82 Å². The minimum absolute atomic E-state index is 0.628. The highest BCUT2D eigenvalue weighted by Crippen LogP contribution is 2.24. The predicted octanol–water partition coefficient (Wildman–Crippen LogP) is 2.64. The number of nitrogens with one attached hydrogen (secondary N) is 1. The molecule has 0 saturated carbocycles. The van der Waals surface area contributed by atoms with Gasteiger partial charge in [-0.05, 0) is 38.6 Å². The van der Waals surface area contributed by atoms with Crippen molar-refractivity contribution in [2.45, 2.75) is 52.5 Å². The van der Waals surface area contributed by atoms with Crippen LogP contribution >= 0.6 is 0 Å².